The van der Waals surface area contributed by atoms with Gasteiger partial charge in [-0.2, -0.15) is 0 Å². The molecule has 0 atom stereocenters. The minimum Gasteiger partial charge on any atom is -0.384 e. The lowest BCUT2D eigenvalue weighted by Gasteiger charge is -2.00. The van der Waals surface area contributed by atoms with Crippen LogP contribution in [0, 0.1) is 0 Å². The third kappa shape index (κ3) is 1.83. The molecule has 3 heteroatoms. The summed E-state index contributed by atoms with van der Waals surface area (Å²) in [6.07, 6.45) is 0. The van der Waals surface area contributed by atoms with Gasteiger partial charge >= 0.3 is 0 Å². The average molecular weight is 163 g/mol. The largest absolute Gasteiger partial charge is 0.384 e. The van der Waals surface area contributed by atoms with Crippen molar-refractivity contribution in [3.05, 3.63) is 35.4 Å². The molecule has 0 saturated heterocycles. The molecule has 0 unspecified atom stereocenters. The Morgan fingerprint density at radius 1 is 1.33 bits per heavy atom. The summed E-state index contributed by atoms with van der Waals surface area (Å²) in [5, 5.41) is 0. The zero-order valence-corrected chi connectivity index (χ0v) is 7.12. The smallest absolute Gasteiger partial charge is 0.125 e. The Hall–Kier alpha value is -1.35. The molecule has 0 radical (unpaired) electrons. The van der Waals surface area contributed by atoms with E-state index in [1.165, 1.54) is 0 Å². The molecule has 3 nitrogen and oxygen atoms in total. The third-order valence-corrected chi connectivity index (χ3v) is 1.73. The number of aliphatic imine (C=N–C) groups is 1. The van der Waals surface area contributed by atoms with Crippen LogP contribution < -0.4 is 11.5 Å². The highest BCUT2D eigenvalue weighted by molar-refractivity contribution is 5.97. The van der Waals surface area contributed by atoms with Crippen molar-refractivity contribution in [2.24, 2.45) is 16.5 Å². The van der Waals surface area contributed by atoms with Gasteiger partial charge < -0.3 is 11.5 Å². The predicted octanol–water partition coefficient (Wildman–Crippen LogP) is 0.480. The van der Waals surface area contributed by atoms with Crippen LogP contribution >= 0.6 is 0 Å². The lowest BCUT2D eigenvalue weighted by molar-refractivity contribution is 1.07. The van der Waals surface area contributed by atoms with Crippen LogP contribution in [0.4, 0.5) is 0 Å². The number of nitrogens with zero attached hydrogens (tertiary/aromatic N) is 1. The number of rotatable bonds is 2. The lowest BCUT2D eigenvalue weighted by atomic mass is 10.1. The summed E-state index contributed by atoms with van der Waals surface area (Å²) in [5.74, 6) is 0.554. The normalized spacial score (nSPS) is 11.7. The van der Waals surface area contributed by atoms with E-state index in [4.69, 9.17) is 11.5 Å². The van der Waals surface area contributed by atoms with Crippen molar-refractivity contribution in [2.75, 3.05) is 7.05 Å². The number of hydrogen-bond acceptors (Lipinski definition) is 2. The third-order valence-electron chi connectivity index (χ3n) is 1.73. The minimum atomic E-state index is 0.554. The molecule has 0 aliphatic heterocycles. The topological polar surface area (TPSA) is 64.4 Å². The molecule has 0 aromatic heterocycles. The van der Waals surface area contributed by atoms with Crippen molar-refractivity contribution in [3.8, 4) is 0 Å². The van der Waals surface area contributed by atoms with Crippen LogP contribution in [0.1, 0.15) is 11.1 Å². The van der Waals surface area contributed by atoms with Crippen molar-refractivity contribution in [3.63, 3.8) is 0 Å². The van der Waals surface area contributed by atoms with Crippen molar-refractivity contribution in [1.29, 1.82) is 0 Å². The second kappa shape index (κ2) is 3.88. The van der Waals surface area contributed by atoms with Gasteiger partial charge in [-0.05, 0) is 5.56 Å². The molecule has 0 saturated carbocycles. The van der Waals surface area contributed by atoms with Crippen molar-refractivity contribution in [1.82, 2.24) is 0 Å². The first-order valence-corrected chi connectivity index (χ1v) is 3.79. The summed E-state index contributed by atoms with van der Waals surface area (Å²) >= 11 is 0. The van der Waals surface area contributed by atoms with Gasteiger partial charge in [0.1, 0.15) is 5.84 Å². The molecule has 0 aliphatic carbocycles. The Morgan fingerprint density at radius 2 is 1.92 bits per heavy atom. The van der Waals surface area contributed by atoms with Gasteiger partial charge in [0, 0.05) is 19.2 Å². The van der Waals surface area contributed by atoms with Crippen LogP contribution in [0.2, 0.25) is 0 Å². The van der Waals surface area contributed by atoms with E-state index in [1.807, 2.05) is 24.3 Å². The minimum absolute atomic E-state index is 0.554. The summed E-state index contributed by atoms with van der Waals surface area (Å²) < 4.78 is 0. The molecular weight excluding hydrogens is 150 g/mol. The maximum absolute atomic E-state index is 5.60. The van der Waals surface area contributed by atoms with Crippen LogP contribution in [0.3, 0.4) is 0 Å². The fourth-order valence-corrected chi connectivity index (χ4v) is 0.941. The first kappa shape index (κ1) is 8.74. The van der Waals surface area contributed by atoms with Crippen LogP contribution in [0.15, 0.2) is 29.3 Å². The van der Waals surface area contributed by atoms with E-state index in [0.29, 0.717) is 12.4 Å². The molecule has 0 spiro atoms. The molecule has 0 bridgehead atoms. The highest BCUT2D eigenvalue weighted by atomic mass is 14.8. The molecule has 1 aromatic rings. The van der Waals surface area contributed by atoms with Gasteiger partial charge in [0.05, 0.1) is 0 Å². The second-order valence-corrected chi connectivity index (χ2v) is 2.51. The van der Waals surface area contributed by atoms with E-state index in [1.54, 1.807) is 7.05 Å². The molecule has 1 aromatic carbocycles. The Bertz CT molecular complexity index is 274. The van der Waals surface area contributed by atoms with Crippen LogP contribution in [-0.4, -0.2) is 12.9 Å². The summed E-state index contributed by atoms with van der Waals surface area (Å²) in [7, 11) is 1.67. The van der Waals surface area contributed by atoms with Gasteiger partial charge in [0.15, 0.2) is 0 Å². The fraction of sp³-hybridized carbons (Fsp3) is 0.222. The maximum atomic E-state index is 5.60. The molecule has 0 aliphatic rings. The highest BCUT2D eigenvalue weighted by Crippen LogP contribution is 2.02. The zero-order chi connectivity index (χ0) is 8.97. The van der Waals surface area contributed by atoms with Crippen LogP contribution in [-0.2, 0) is 6.54 Å². The quantitative estimate of drug-likeness (QED) is 0.492. The molecule has 0 amide bonds. The van der Waals surface area contributed by atoms with Gasteiger partial charge in [0.25, 0.3) is 0 Å². The number of hydrogen-bond donors (Lipinski definition) is 2. The second-order valence-electron chi connectivity index (χ2n) is 2.51. The van der Waals surface area contributed by atoms with Gasteiger partial charge in [-0.1, -0.05) is 24.3 Å². The Labute approximate surface area is 72.1 Å². The summed E-state index contributed by atoms with van der Waals surface area (Å²) in [4.78, 5) is 3.88. The van der Waals surface area contributed by atoms with Gasteiger partial charge in [-0.25, -0.2) is 0 Å². The van der Waals surface area contributed by atoms with Crippen LogP contribution in [0.5, 0.6) is 0 Å². The van der Waals surface area contributed by atoms with Crippen molar-refractivity contribution < 1.29 is 0 Å². The number of benzene rings is 1. The summed E-state index contributed by atoms with van der Waals surface area (Å²) in [6, 6.07) is 7.75. The van der Waals surface area contributed by atoms with E-state index in [-0.39, 0.29) is 0 Å². The maximum Gasteiger partial charge on any atom is 0.125 e. The molecular formula is C9H13N3. The standard InChI is InChI=1S/C9H13N3/c1-12-9(11)8-4-2-7(6-10)3-5-8/h2-5H,6,10H2,1H3,(H2,11,12). The molecule has 12 heavy (non-hydrogen) atoms. The monoisotopic (exact) mass is 163 g/mol. The van der Waals surface area contributed by atoms with E-state index >= 15 is 0 Å². The molecule has 0 heterocycles. The Morgan fingerprint density at radius 3 is 2.33 bits per heavy atom. The van der Waals surface area contributed by atoms with E-state index in [9.17, 15) is 0 Å². The van der Waals surface area contributed by atoms with Gasteiger partial charge in [-0.3, -0.25) is 4.99 Å². The highest BCUT2D eigenvalue weighted by Gasteiger charge is 1.95. The Balaban J connectivity index is 2.92. The SMILES string of the molecule is CN=C(N)c1ccc(CN)cc1. The average Bonchev–Trinajstić information content (AvgIpc) is 2.17. The first-order valence-electron chi connectivity index (χ1n) is 3.79. The lowest BCUT2D eigenvalue weighted by Crippen LogP contribution is -2.12. The van der Waals surface area contributed by atoms with E-state index < -0.39 is 0 Å². The summed E-state index contributed by atoms with van der Waals surface area (Å²) in [5.41, 5.74) is 13.1. The Kier molecular flexibility index (Phi) is 2.82. The predicted molar refractivity (Wildman–Crippen MR) is 51.0 cm³/mol. The molecule has 0 fully saturated rings. The zero-order valence-electron chi connectivity index (χ0n) is 7.12. The molecule has 4 N–H and O–H groups in total. The van der Waals surface area contributed by atoms with Gasteiger partial charge in [0.2, 0.25) is 0 Å². The van der Waals surface area contributed by atoms with E-state index in [2.05, 4.69) is 4.99 Å². The van der Waals surface area contributed by atoms with Gasteiger partial charge in [-0.15, -0.1) is 0 Å². The molecule has 1 rings (SSSR count). The van der Waals surface area contributed by atoms with E-state index in [0.717, 1.165) is 11.1 Å². The number of amidine groups is 1. The van der Waals surface area contributed by atoms with Crippen molar-refractivity contribution >= 4 is 5.84 Å². The summed E-state index contributed by atoms with van der Waals surface area (Å²) in [6.45, 7) is 0.559. The fourth-order valence-electron chi connectivity index (χ4n) is 0.941. The first-order chi connectivity index (χ1) is 5.77. The molecule has 64 valence electrons. The van der Waals surface area contributed by atoms with Crippen molar-refractivity contribution in [2.45, 2.75) is 6.54 Å². The van der Waals surface area contributed by atoms with Crippen LogP contribution in [0.25, 0.3) is 0 Å². The number of nitrogens with two attached hydrogens (primary N) is 2.